The molecule has 260 valence electrons. The number of esters is 1. The van der Waals surface area contributed by atoms with E-state index in [9.17, 15) is 19.5 Å². The Morgan fingerprint density at radius 3 is 1.36 bits per heavy atom. The number of amides is 1. The summed E-state index contributed by atoms with van der Waals surface area (Å²) in [7, 11) is 0. The molecule has 0 aromatic rings. The van der Waals surface area contributed by atoms with Crippen molar-refractivity contribution in [3.63, 3.8) is 0 Å². The van der Waals surface area contributed by atoms with E-state index in [1.165, 1.54) is 135 Å². The molecule has 0 saturated carbocycles. The van der Waals surface area contributed by atoms with Gasteiger partial charge in [-0.15, -0.1) is 0 Å². The van der Waals surface area contributed by atoms with Crippen LogP contribution < -0.4 is 5.32 Å². The fourth-order valence-corrected chi connectivity index (χ4v) is 5.81. The van der Waals surface area contributed by atoms with Crippen molar-refractivity contribution in [2.24, 2.45) is 5.92 Å². The SMILES string of the molecule is CCCCCCCCCCCCCC(=O)N[C@@H](CC(=O)O)C(=O)OCCCCCCCCCCCCCCCCCC(C)C. The number of carboxylic acid groups (broad SMARTS) is 1. The second kappa shape index (κ2) is 32.8. The lowest BCUT2D eigenvalue weighted by atomic mass is 10.0. The number of carbonyl (C=O) groups is 3. The first-order chi connectivity index (χ1) is 21.4. The lowest BCUT2D eigenvalue weighted by Crippen LogP contribution is -2.43. The minimum atomic E-state index is -1.12. The molecule has 0 aliphatic carbocycles. The predicted octanol–water partition coefficient (Wildman–Crippen LogP) is 11.1. The number of ether oxygens (including phenoxy) is 1. The van der Waals surface area contributed by atoms with Crippen LogP contribution in [0.2, 0.25) is 0 Å². The van der Waals surface area contributed by atoms with Crippen molar-refractivity contribution in [2.75, 3.05) is 6.61 Å². The number of rotatable bonds is 34. The Balaban J connectivity index is 3.71. The van der Waals surface area contributed by atoms with Gasteiger partial charge in [0.2, 0.25) is 5.91 Å². The van der Waals surface area contributed by atoms with Gasteiger partial charge >= 0.3 is 11.9 Å². The maximum atomic E-state index is 12.5. The summed E-state index contributed by atoms with van der Waals surface area (Å²) in [5, 5.41) is 11.8. The van der Waals surface area contributed by atoms with Crippen LogP contribution in [-0.2, 0) is 19.1 Å². The van der Waals surface area contributed by atoms with Crippen LogP contribution in [0.4, 0.5) is 0 Å². The third-order valence-electron chi connectivity index (χ3n) is 8.68. The molecule has 6 nitrogen and oxygen atoms in total. The summed E-state index contributed by atoms with van der Waals surface area (Å²) in [5.41, 5.74) is 0. The molecule has 0 spiro atoms. The van der Waals surface area contributed by atoms with Gasteiger partial charge in [0.1, 0.15) is 6.04 Å². The second-order valence-electron chi connectivity index (χ2n) is 13.7. The average molecular weight is 624 g/mol. The highest BCUT2D eigenvalue weighted by Gasteiger charge is 2.25. The zero-order chi connectivity index (χ0) is 32.5. The van der Waals surface area contributed by atoms with Crippen LogP contribution in [0.3, 0.4) is 0 Å². The maximum Gasteiger partial charge on any atom is 0.329 e. The minimum absolute atomic E-state index is 0.267. The lowest BCUT2D eigenvalue weighted by Gasteiger charge is -2.16. The van der Waals surface area contributed by atoms with Gasteiger partial charge in [-0.05, 0) is 18.8 Å². The van der Waals surface area contributed by atoms with Gasteiger partial charge in [-0.25, -0.2) is 4.79 Å². The summed E-state index contributed by atoms with van der Waals surface area (Å²) in [5.74, 6) is -1.17. The van der Waals surface area contributed by atoms with Gasteiger partial charge in [-0.2, -0.15) is 0 Å². The van der Waals surface area contributed by atoms with E-state index in [1.54, 1.807) is 0 Å². The number of aliphatic carboxylic acids is 1. The zero-order valence-electron chi connectivity index (χ0n) is 29.4. The fourth-order valence-electron chi connectivity index (χ4n) is 5.81. The molecular weight excluding hydrogens is 550 g/mol. The van der Waals surface area contributed by atoms with E-state index in [2.05, 4.69) is 26.1 Å². The first-order valence-electron chi connectivity index (χ1n) is 19.0. The highest BCUT2D eigenvalue weighted by Crippen LogP contribution is 2.15. The third-order valence-corrected chi connectivity index (χ3v) is 8.68. The highest BCUT2D eigenvalue weighted by atomic mass is 16.5. The van der Waals surface area contributed by atoms with Crippen LogP contribution in [-0.4, -0.2) is 35.6 Å². The van der Waals surface area contributed by atoms with Gasteiger partial charge in [-0.3, -0.25) is 9.59 Å². The summed E-state index contributed by atoms with van der Waals surface area (Å²) < 4.78 is 5.33. The molecule has 44 heavy (non-hydrogen) atoms. The smallest absolute Gasteiger partial charge is 0.329 e. The fraction of sp³-hybridized carbons (Fsp3) is 0.921. The van der Waals surface area contributed by atoms with Crippen molar-refractivity contribution in [1.29, 1.82) is 0 Å². The van der Waals surface area contributed by atoms with Crippen LogP contribution in [0.1, 0.15) is 207 Å². The molecule has 2 N–H and O–H groups in total. The molecule has 0 saturated heterocycles. The van der Waals surface area contributed by atoms with Gasteiger partial charge in [0.15, 0.2) is 0 Å². The molecule has 0 bridgehead atoms. The van der Waals surface area contributed by atoms with Crippen molar-refractivity contribution in [2.45, 2.75) is 213 Å². The zero-order valence-corrected chi connectivity index (χ0v) is 29.4. The molecule has 0 rings (SSSR count). The Hall–Kier alpha value is -1.59. The number of unbranched alkanes of at least 4 members (excludes halogenated alkanes) is 24. The third kappa shape index (κ3) is 31.8. The summed E-state index contributed by atoms with van der Waals surface area (Å²) in [6.45, 7) is 7.14. The lowest BCUT2D eigenvalue weighted by molar-refractivity contribution is -0.151. The first-order valence-corrected chi connectivity index (χ1v) is 19.0. The topological polar surface area (TPSA) is 92.7 Å². The largest absolute Gasteiger partial charge is 0.481 e. The monoisotopic (exact) mass is 624 g/mol. The van der Waals surface area contributed by atoms with Gasteiger partial charge < -0.3 is 15.2 Å². The van der Waals surface area contributed by atoms with Gasteiger partial charge in [0.05, 0.1) is 13.0 Å². The van der Waals surface area contributed by atoms with Crippen molar-refractivity contribution in [3.8, 4) is 0 Å². The molecule has 0 aliphatic heterocycles. The first kappa shape index (κ1) is 42.4. The van der Waals surface area contributed by atoms with E-state index in [0.717, 1.165) is 44.4 Å². The Bertz CT molecular complexity index is 666. The summed E-state index contributed by atoms with van der Waals surface area (Å²) in [6, 6.07) is -1.11. The average Bonchev–Trinajstić information content (AvgIpc) is 2.98. The van der Waals surface area contributed by atoms with E-state index in [0.29, 0.717) is 6.42 Å². The van der Waals surface area contributed by atoms with Crippen LogP contribution in [0.15, 0.2) is 0 Å². The van der Waals surface area contributed by atoms with Crippen molar-refractivity contribution >= 4 is 17.8 Å². The maximum absolute atomic E-state index is 12.5. The molecule has 0 aromatic carbocycles. The van der Waals surface area contributed by atoms with Gasteiger partial charge in [0.25, 0.3) is 0 Å². The van der Waals surface area contributed by atoms with Crippen LogP contribution in [0, 0.1) is 5.92 Å². The predicted molar refractivity (Wildman–Crippen MR) is 185 cm³/mol. The Kier molecular flexibility index (Phi) is 31.6. The summed E-state index contributed by atoms with van der Waals surface area (Å²) in [4.78, 5) is 36.0. The molecule has 0 unspecified atom stereocenters. The van der Waals surface area contributed by atoms with Gasteiger partial charge in [0, 0.05) is 6.42 Å². The van der Waals surface area contributed by atoms with Crippen LogP contribution in [0.5, 0.6) is 0 Å². The minimum Gasteiger partial charge on any atom is -0.481 e. The highest BCUT2D eigenvalue weighted by molar-refractivity contribution is 5.87. The van der Waals surface area contributed by atoms with Crippen molar-refractivity contribution in [1.82, 2.24) is 5.32 Å². The Morgan fingerprint density at radius 1 is 0.568 bits per heavy atom. The molecule has 0 fully saturated rings. The second-order valence-corrected chi connectivity index (χ2v) is 13.7. The normalized spacial score (nSPS) is 12.0. The van der Waals surface area contributed by atoms with Gasteiger partial charge in [-0.1, -0.05) is 181 Å². The van der Waals surface area contributed by atoms with E-state index in [1.807, 2.05) is 0 Å². The molecule has 0 aromatic heterocycles. The molecule has 0 radical (unpaired) electrons. The Labute approximate surface area is 272 Å². The molecule has 0 heterocycles. The summed E-state index contributed by atoms with van der Waals surface area (Å²) >= 11 is 0. The molecule has 0 aliphatic rings. The van der Waals surface area contributed by atoms with E-state index >= 15 is 0 Å². The Morgan fingerprint density at radius 2 is 0.955 bits per heavy atom. The standard InChI is InChI=1S/C38H73NO5/c1-4-5-6-7-8-9-15-19-22-25-28-31-36(40)39-35(33-37(41)42)38(43)44-32-29-26-23-20-17-14-12-10-11-13-16-18-21-24-27-30-34(2)3/h34-35H,4-33H2,1-3H3,(H,39,40)(H,41,42)/t35-/m0/s1. The van der Waals surface area contributed by atoms with E-state index in [-0.39, 0.29) is 12.5 Å². The van der Waals surface area contributed by atoms with E-state index in [4.69, 9.17) is 4.74 Å². The molecule has 1 amide bonds. The molecule has 1 atom stereocenters. The number of hydrogen-bond donors (Lipinski definition) is 2. The molecular formula is C38H73NO5. The number of hydrogen-bond acceptors (Lipinski definition) is 4. The molecule has 6 heteroatoms. The number of carbonyl (C=O) groups excluding carboxylic acids is 2. The van der Waals surface area contributed by atoms with Crippen molar-refractivity contribution in [3.05, 3.63) is 0 Å². The number of carboxylic acids is 1. The quantitative estimate of drug-likeness (QED) is 0.0549. The van der Waals surface area contributed by atoms with Crippen LogP contribution >= 0.6 is 0 Å². The van der Waals surface area contributed by atoms with Crippen molar-refractivity contribution < 1.29 is 24.2 Å². The summed E-state index contributed by atoms with van der Waals surface area (Å²) in [6.07, 6.45) is 33.6. The van der Waals surface area contributed by atoms with E-state index < -0.39 is 24.4 Å². The van der Waals surface area contributed by atoms with Crippen LogP contribution in [0.25, 0.3) is 0 Å². The number of nitrogens with one attached hydrogen (secondary N) is 1.